The first-order valence-electron chi connectivity index (χ1n) is 6.42. The van der Waals surface area contributed by atoms with Gasteiger partial charge in [0.1, 0.15) is 5.75 Å². The summed E-state index contributed by atoms with van der Waals surface area (Å²) >= 11 is 1.66. The number of benzene rings is 1. The molecule has 1 unspecified atom stereocenters. The fourth-order valence-electron chi connectivity index (χ4n) is 1.84. The van der Waals surface area contributed by atoms with Gasteiger partial charge in [0.15, 0.2) is 6.61 Å². The van der Waals surface area contributed by atoms with E-state index in [2.05, 4.69) is 16.8 Å². The summed E-state index contributed by atoms with van der Waals surface area (Å²) in [7, 11) is 0. The van der Waals surface area contributed by atoms with Crippen LogP contribution in [0.15, 0.2) is 41.1 Å². The average molecular weight is 290 g/mol. The molecule has 2 rings (SSSR count). The van der Waals surface area contributed by atoms with Gasteiger partial charge in [0.2, 0.25) is 0 Å². The predicted molar refractivity (Wildman–Crippen MR) is 82.0 cm³/mol. The van der Waals surface area contributed by atoms with Gasteiger partial charge in [-0.25, -0.2) is 0 Å². The maximum Gasteiger partial charge on any atom is 0.258 e. The van der Waals surface area contributed by atoms with Crippen LogP contribution in [0.4, 0.5) is 5.69 Å². The topological polar surface area (TPSA) is 64.3 Å². The Morgan fingerprint density at radius 2 is 2.10 bits per heavy atom. The van der Waals surface area contributed by atoms with Crippen LogP contribution in [0.1, 0.15) is 12.5 Å². The van der Waals surface area contributed by atoms with Crippen LogP contribution in [0.5, 0.6) is 5.75 Å². The Labute approximate surface area is 122 Å². The van der Waals surface area contributed by atoms with E-state index in [0.717, 1.165) is 6.42 Å². The molecule has 1 aromatic carbocycles. The second-order valence-corrected chi connectivity index (χ2v) is 5.44. The molecule has 5 heteroatoms. The van der Waals surface area contributed by atoms with Crippen molar-refractivity contribution in [3.8, 4) is 5.75 Å². The van der Waals surface area contributed by atoms with Gasteiger partial charge in [0, 0.05) is 11.7 Å². The summed E-state index contributed by atoms with van der Waals surface area (Å²) in [5.74, 6) is 0.518. The fourth-order valence-corrected chi connectivity index (χ4v) is 2.52. The number of carbonyl (C=O) groups excluding carboxylic acids is 1. The summed E-state index contributed by atoms with van der Waals surface area (Å²) in [6, 6.07) is 9.14. The van der Waals surface area contributed by atoms with Gasteiger partial charge in [-0.05, 0) is 60.0 Å². The average Bonchev–Trinajstić information content (AvgIpc) is 2.90. The molecule has 20 heavy (non-hydrogen) atoms. The van der Waals surface area contributed by atoms with Crippen molar-refractivity contribution in [2.24, 2.45) is 0 Å². The zero-order valence-corrected chi connectivity index (χ0v) is 12.2. The molecule has 0 spiro atoms. The summed E-state index contributed by atoms with van der Waals surface area (Å²) < 4.78 is 5.39. The van der Waals surface area contributed by atoms with Crippen molar-refractivity contribution in [3.63, 3.8) is 0 Å². The van der Waals surface area contributed by atoms with Crippen LogP contribution < -0.4 is 15.8 Å². The Hall–Kier alpha value is -2.01. The first-order chi connectivity index (χ1) is 9.63. The molecule has 106 valence electrons. The number of rotatable bonds is 6. The minimum Gasteiger partial charge on any atom is -0.484 e. The fraction of sp³-hybridized carbons (Fsp3) is 0.267. The Balaban J connectivity index is 1.73. The van der Waals surface area contributed by atoms with Crippen molar-refractivity contribution < 1.29 is 9.53 Å². The predicted octanol–water partition coefficient (Wildman–Crippen LogP) is 2.46. The van der Waals surface area contributed by atoms with Crippen LogP contribution >= 0.6 is 11.3 Å². The smallest absolute Gasteiger partial charge is 0.258 e. The van der Waals surface area contributed by atoms with Crippen molar-refractivity contribution in [1.29, 1.82) is 0 Å². The van der Waals surface area contributed by atoms with Crippen molar-refractivity contribution in [2.45, 2.75) is 19.4 Å². The molecular weight excluding hydrogens is 272 g/mol. The third-order valence-corrected chi connectivity index (χ3v) is 3.51. The molecule has 0 aliphatic rings. The summed E-state index contributed by atoms with van der Waals surface area (Å²) in [6.07, 6.45) is 0.830. The summed E-state index contributed by atoms with van der Waals surface area (Å²) in [5, 5.41) is 7.04. The minimum atomic E-state index is -0.121. The van der Waals surface area contributed by atoms with Gasteiger partial charge in [0.05, 0.1) is 0 Å². The highest BCUT2D eigenvalue weighted by atomic mass is 32.1. The molecule has 0 saturated heterocycles. The Kier molecular flexibility index (Phi) is 5.01. The number of anilines is 1. The summed E-state index contributed by atoms with van der Waals surface area (Å²) in [5.41, 5.74) is 7.49. The molecule has 0 bridgehead atoms. The number of nitrogens with two attached hydrogens (primary N) is 1. The highest BCUT2D eigenvalue weighted by Gasteiger charge is 2.09. The molecule has 1 atom stereocenters. The molecule has 4 nitrogen and oxygen atoms in total. The van der Waals surface area contributed by atoms with Gasteiger partial charge in [-0.3, -0.25) is 4.79 Å². The van der Waals surface area contributed by atoms with Crippen LogP contribution in [-0.4, -0.2) is 18.6 Å². The third kappa shape index (κ3) is 4.59. The number of nitrogens with one attached hydrogen (secondary N) is 1. The lowest BCUT2D eigenvalue weighted by molar-refractivity contribution is -0.123. The first kappa shape index (κ1) is 14.4. The summed E-state index contributed by atoms with van der Waals surface area (Å²) in [6.45, 7) is 2.00. The van der Waals surface area contributed by atoms with E-state index in [1.54, 1.807) is 35.6 Å². The van der Waals surface area contributed by atoms with Gasteiger partial charge < -0.3 is 15.8 Å². The largest absolute Gasteiger partial charge is 0.484 e. The molecule has 1 aromatic heterocycles. The Morgan fingerprint density at radius 3 is 2.75 bits per heavy atom. The van der Waals surface area contributed by atoms with E-state index >= 15 is 0 Å². The van der Waals surface area contributed by atoms with Crippen LogP contribution in [0.2, 0.25) is 0 Å². The van der Waals surface area contributed by atoms with Crippen molar-refractivity contribution in [2.75, 3.05) is 12.3 Å². The number of ether oxygens (including phenoxy) is 1. The number of carbonyl (C=O) groups is 1. The molecular formula is C15H18N2O2S. The SMILES string of the molecule is CC(Cc1ccsc1)NC(=O)COc1ccc(N)cc1. The lowest BCUT2D eigenvalue weighted by Gasteiger charge is -2.13. The van der Waals surface area contributed by atoms with Gasteiger partial charge in [0.25, 0.3) is 5.91 Å². The monoisotopic (exact) mass is 290 g/mol. The van der Waals surface area contributed by atoms with E-state index < -0.39 is 0 Å². The quantitative estimate of drug-likeness (QED) is 0.803. The van der Waals surface area contributed by atoms with Gasteiger partial charge in [-0.1, -0.05) is 0 Å². The first-order valence-corrected chi connectivity index (χ1v) is 7.36. The molecule has 0 radical (unpaired) electrons. The standard InChI is InChI=1S/C15H18N2O2S/c1-11(8-12-6-7-20-10-12)17-15(18)9-19-14-4-2-13(16)3-5-14/h2-7,10-11H,8-9,16H2,1H3,(H,17,18). The van der Waals surface area contributed by atoms with Gasteiger partial charge >= 0.3 is 0 Å². The number of nitrogen functional groups attached to an aromatic ring is 1. The van der Waals surface area contributed by atoms with E-state index in [4.69, 9.17) is 10.5 Å². The molecule has 3 N–H and O–H groups in total. The molecule has 0 aliphatic carbocycles. The van der Waals surface area contributed by atoms with Crippen molar-refractivity contribution >= 4 is 22.9 Å². The van der Waals surface area contributed by atoms with Crippen molar-refractivity contribution in [1.82, 2.24) is 5.32 Å². The lowest BCUT2D eigenvalue weighted by Crippen LogP contribution is -2.37. The molecule has 1 heterocycles. The maximum absolute atomic E-state index is 11.8. The van der Waals surface area contributed by atoms with Gasteiger partial charge in [-0.2, -0.15) is 11.3 Å². The van der Waals surface area contributed by atoms with E-state index in [0.29, 0.717) is 11.4 Å². The molecule has 0 aliphatic heterocycles. The molecule has 2 aromatic rings. The van der Waals surface area contributed by atoms with Crippen LogP contribution in [0.3, 0.4) is 0 Å². The van der Waals surface area contributed by atoms with E-state index in [-0.39, 0.29) is 18.6 Å². The highest BCUT2D eigenvalue weighted by molar-refractivity contribution is 7.07. The Morgan fingerprint density at radius 1 is 1.35 bits per heavy atom. The summed E-state index contributed by atoms with van der Waals surface area (Å²) in [4.78, 5) is 11.8. The zero-order chi connectivity index (χ0) is 14.4. The van der Waals surface area contributed by atoms with E-state index in [9.17, 15) is 4.79 Å². The van der Waals surface area contributed by atoms with Crippen LogP contribution in [0.25, 0.3) is 0 Å². The molecule has 0 saturated carbocycles. The van der Waals surface area contributed by atoms with Crippen LogP contribution in [0, 0.1) is 0 Å². The second kappa shape index (κ2) is 6.96. The van der Waals surface area contributed by atoms with E-state index in [1.165, 1.54) is 5.56 Å². The van der Waals surface area contributed by atoms with Crippen LogP contribution in [-0.2, 0) is 11.2 Å². The zero-order valence-electron chi connectivity index (χ0n) is 11.3. The van der Waals surface area contributed by atoms with E-state index in [1.807, 2.05) is 12.3 Å². The number of hydrogen-bond acceptors (Lipinski definition) is 4. The van der Waals surface area contributed by atoms with Gasteiger partial charge in [-0.15, -0.1) is 0 Å². The van der Waals surface area contributed by atoms with Crippen molar-refractivity contribution in [3.05, 3.63) is 46.7 Å². The Bertz CT molecular complexity index is 538. The molecule has 0 fully saturated rings. The number of hydrogen-bond donors (Lipinski definition) is 2. The third-order valence-electron chi connectivity index (χ3n) is 2.78. The second-order valence-electron chi connectivity index (χ2n) is 4.66. The minimum absolute atomic E-state index is 0.0118. The molecule has 1 amide bonds. The number of thiophene rings is 1. The lowest BCUT2D eigenvalue weighted by atomic mass is 10.1. The highest BCUT2D eigenvalue weighted by Crippen LogP contribution is 2.13. The maximum atomic E-state index is 11.8. The normalized spacial score (nSPS) is 11.8. The number of amides is 1.